The van der Waals surface area contributed by atoms with Crippen LogP contribution in [0, 0.1) is 17.0 Å². The van der Waals surface area contributed by atoms with Crippen molar-refractivity contribution >= 4 is 11.4 Å². The van der Waals surface area contributed by atoms with Gasteiger partial charge in [0.15, 0.2) is 0 Å². The van der Waals surface area contributed by atoms with Crippen LogP contribution in [0.3, 0.4) is 0 Å². The van der Waals surface area contributed by atoms with Gasteiger partial charge >= 0.3 is 6.18 Å². The second-order valence-corrected chi connectivity index (χ2v) is 2.95. The molecule has 1 aromatic carbocycles. The summed E-state index contributed by atoms with van der Waals surface area (Å²) in [6.07, 6.45) is -4.68. The van der Waals surface area contributed by atoms with Gasteiger partial charge in [-0.15, -0.1) is 0 Å². The van der Waals surface area contributed by atoms with E-state index < -0.39 is 28.0 Å². The summed E-state index contributed by atoms with van der Waals surface area (Å²) in [6.45, 7) is 1.20. The van der Waals surface area contributed by atoms with Gasteiger partial charge in [0, 0.05) is 6.07 Å². The van der Waals surface area contributed by atoms with Crippen molar-refractivity contribution in [1.29, 1.82) is 0 Å². The molecule has 2 N–H and O–H groups in total. The molecule has 0 aromatic heterocycles. The molecule has 0 saturated carbocycles. The lowest BCUT2D eigenvalue weighted by Crippen LogP contribution is -2.12. The Morgan fingerprint density at radius 2 is 1.93 bits per heavy atom. The lowest BCUT2D eigenvalue weighted by molar-refractivity contribution is -0.384. The first-order valence-electron chi connectivity index (χ1n) is 3.86. The van der Waals surface area contributed by atoms with Crippen LogP contribution >= 0.6 is 0 Å². The van der Waals surface area contributed by atoms with E-state index in [-0.39, 0.29) is 5.56 Å². The molecule has 1 aromatic rings. The van der Waals surface area contributed by atoms with Gasteiger partial charge in [-0.2, -0.15) is 13.2 Å². The number of nitrogen functional groups attached to an aromatic ring is 1. The van der Waals surface area contributed by atoms with Crippen molar-refractivity contribution in [2.24, 2.45) is 0 Å². The first-order valence-corrected chi connectivity index (χ1v) is 3.86. The fraction of sp³-hybridized carbons (Fsp3) is 0.250. The van der Waals surface area contributed by atoms with Crippen LogP contribution in [0.2, 0.25) is 0 Å². The van der Waals surface area contributed by atoms with Gasteiger partial charge < -0.3 is 5.73 Å². The Morgan fingerprint density at radius 1 is 1.40 bits per heavy atom. The third-order valence-electron chi connectivity index (χ3n) is 1.91. The maximum atomic E-state index is 12.5. The summed E-state index contributed by atoms with van der Waals surface area (Å²) in [4.78, 5) is 9.43. The molecule has 0 atom stereocenters. The van der Waals surface area contributed by atoms with Gasteiger partial charge in [-0.05, 0) is 12.5 Å². The predicted octanol–water partition coefficient (Wildman–Crippen LogP) is 2.50. The topological polar surface area (TPSA) is 69.2 Å². The van der Waals surface area contributed by atoms with E-state index in [0.717, 1.165) is 12.1 Å². The standard InChI is InChI=1S/C8H7F3N2O2/c1-4-2-3-5(13(14)15)7(12)6(4)8(9,10)11/h2-3H,12H2,1H3. The summed E-state index contributed by atoms with van der Waals surface area (Å²) < 4.78 is 37.4. The molecule has 0 aliphatic rings. The summed E-state index contributed by atoms with van der Waals surface area (Å²) in [7, 11) is 0. The highest BCUT2D eigenvalue weighted by Crippen LogP contribution is 2.39. The highest BCUT2D eigenvalue weighted by atomic mass is 19.4. The monoisotopic (exact) mass is 220 g/mol. The van der Waals surface area contributed by atoms with E-state index in [1.54, 1.807) is 0 Å². The summed E-state index contributed by atoms with van der Waals surface area (Å²) in [6, 6.07) is 1.98. The maximum absolute atomic E-state index is 12.5. The van der Waals surface area contributed by atoms with Gasteiger partial charge in [-0.3, -0.25) is 10.1 Å². The van der Waals surface area contributed by atoms with Crippen molar-refractivity contribution in [1.82, 2.24) is 0 Å². The number of halogens is 3. The van der Waals surface area contributed by atoms with Crippen LogP contribution in [-0.4, -0.2) is 4.92 Å². The molecule has 0 saturated heterocycles. The predicted molar refractivity (Wildman–Crippen MR) is 47.2 cm³/mol. The minimum absolute atomic E-state index is 0.134. The lowest BCUT2D eigenvalue weighted by Gasteiger charge is -2.12. The maximum Gasteiger partial charge on any atom is 0.418 e. The summed E-state index contributed by atoms with van der Waals surface area (Å²) in [5.41, 5.74) is 2.26. The van der Waals surface area contributed by atoms with Crippen LogP contribution in [0.15, 0.2) is 12.1 Å². The second-order valence-electron chi connectivity index (χ2n) is 2.95. The summed E-state index contributed by atoms with van der Waals surface area (Å²) in [5, 5.41) is 10.4. The molecule has 0 aliphatic carbocycles. The fourth-order valence-electron chi connectivity index (χ4n) is 1.25. The summed E-state index contributed by atoms with van der Waals surface area (Å²) in [5.74, 6) is 0. The van der Waals surface area contributed by atoms with Gasteiger partial charge in [0.1, 0.15) is 5.69 Å². The van der Waals surface area contributed by atoms with Crippen molar-refractivity contribution in [3.8, 4) is 0 Å². The lowest BCUT2D eigenvalue weighted by atomic mass is 10.1. The molecule has 0 heterocycles. The highest BCUT2D eigenvalue weighted by molar-refractivity contribution is 5.66. The van der Waals surface area contributed by atoms with Crippen molar-refractivity contribution in [2.75, 3.05) is 5.73 Å². The quantitative estimate of drug-likeness (QED) is 0.449. The number of rotatable bonds is 1. The molecule has 0 fully saturated rings. The number of nitrogens with two attached hydrogens (primary N) is 1. The minimum Gasteiger partial charge on any atom is -0.393 e. The average Bonchev–Trinajstić information content (AvgIpc) is 2.00. The smallest absolute Gasteiger partial charge is 0.393 e. The first-order chi connectivity index (χ1) is 6.75. The molecule has 7 heteroatoms. The third-order valence-corrected chi connectivity index (χ3v) is 1.91. The van der Waals surface area contributed by atoms with Crippen LogP contribution in [0.25, 0.3) is 0 Å². The van der Waals surface area contributed by atoms with E-state index in [9.17, 15) is 23.3 Å². The number of benzene rings is 1. The van der Waals surface area contributed by atoms with E-state index in [0.29, 0.717) is 0 Å². The van der Waals surface area contributed by atoms with Crippen LogP contribution in [0.1, 0.15) is 11.1 Å². The Balaban J connectivity index is 3.51. The molecule has 0 radical (unpaired) electrons. The Labute approximate surface area is 82.7 Å². The molecular weight excluding hydrogens is 213 g/mol. The number of nitro groups is 1. The molecular formula is C8H7F3N2O2. The zero-order valence-corrected chi connectivity index (χ0v) is 7.63. The van der Waals surface area contributed by atoms with Crippen molar-refractivity contribution in [3.05, 3.63) is 33.4 Å². The molecule has 4 nitrogen and oxygen atoms in total. The van der Waals surface area contributed by atoms with Crippen LogP contribution in [-0.2, 0) is 6.18 Å². The Kier molecular flexibility index (Phi) is 2.57. The largest absolute Gasteiger partial charge is 0.418 e. The van der Waals surface area contributed by atoms with Gasteiger partial charge in [0.2, 0.25) is 0 Å². The highest BCUT2D eigenvalue weighted by Gasteiger charge is 2.37. The fourth-order valence-corrected chi connectivity index (χ4v) is 1.25. The number of hydrogen-bond donors (Lipinski definition) is 1. The summed E-state index contributed by atoms with van der Waals surface area (Å²) >= 11 is 0. The van der Waals surface area contributed by atoms with Crippen molar-refractivity contribution in [2.45, 2.75) is 13.1 Å². The average molecular weight is 220 g/mol. The molecule has 82 valence electrons. The number of nitro benzene ring substituents is 1. The van der Waals surface area contributed by atoms with Gasteiger partial charge in [-0.25, -0.2) is 0 Å². The Bertz CT molecular complexity index is 415. The van der Waals surface area contributed by atoms with Crippen LogP contribution in [0.5, 0.6) is 0 Å². The first kappa shape index (κ1) is 11.3. The molecule has 0 spiro atoms. The SMILES string of the molecule is Cc1ccc([N+](=O)[O-])c(N)c1C(F)(F)F. The van der Waals surface area contributed by atoms with Crippen molar-refractivity contribution < 1.29 is 18.1 Å². The van der Waals surface area contributed by atoms with Gasteiger partial charge in [-0.1, -0.05) is 6.07 Å². The minimum atomic E-state index is -4.68. The van der Waals surface area contributed by atoms with E-state index in [2.05, 4.69) is 0 Å². The number of alkyl halides is 3. The molecule has 0 aliphatic heterocycles. The Hall–Kier alpha value is -1.79. The Morgan fingerprint density at radius 3 is 2.33 bits per heavy atom. The van der Waals surface area contributed by atoms with Gasteiger partial charge in [0.05, 0.1) is 10.5 Å². The number of hydrogen-bond acceptors (Lipinski definition) is 3. The van der Waals surface area contributed by atoms with E-state index in [1.807, 2.05) is 0 Å². The normalized spacial score (nSPS) is 11.5. The number of nitrogens with zero attached hydrogens (tertiary/aromatic N) is 1. The number of anilines is 1. The third kappa shape index (κ3) is 2.00. The zero-order valence-electron chi connectivity index (χ0n) is 7.63. The molecule has 1 rings (SSSR count). The van der Waals surface area contributed by atoms with Gasteiger partial charge in [0.25, 0.3) is 5.69 Å². The van der Waals surface area contributed by atoms with E-state index in [1.165, 1.54) is 6.92 Å². The molecule has 15 heavy (non-hydrogen) atoms. The van der Waals surface area contributed by atoms with E-state index in [4.69, 9.17) is 5.73 Å². The zero-order chi connectivity index (χ0) is 11.8. The van der Waals surface area contributed by atoms with Crippen LogP contribution < -0.4 is 5.73 Å². The van der Waals surface area contributed by atoms with E-state index >= 15 is 0 Å². The molecule has 0 amide bonds. The number of aryl methyl sites for hydroxylation is 1. The van der Waals surface area contributed by atoms with Crippen molar-refractivity contribution in [3.63, 3.8) is 0 Å². The molecule has 0 unspecified atom stereocenters. The second kappa shape index (κ2) is 3.41. The van der Waals surface area contributed by atoms with Crippen LogP contribution in [0.4, 0.5) is 24.5 Å². The molecule has 0 bridgehead atoms.